The minimum atomic E-state index is -0.596. The number of nitrogens with zero attached hydrogens (tertiary/aromatic N) is 2. The van der Waals surface area contributed by atoms with Crippen LogP contribution in [0.5, 0.6) is 0 Å². The highest BCUT2D eigenvalue weighted by molar-refractivity contribution is 7.07. The van der Waals surface area contributed by atoms with Crippen molar-refractivity contribution in [3.63, 3.8) is 0 Å². The molecule has 0 unspecified atom stereocenters. The van der Waals surface area contributed by atoms with Gasteiger partial charge in [0.15, 0.2) is 5.57 Å². The summed E-state index contributed by atoms with van der Waals surface area (Å²) < 4.78 is 15.1. The summed E-state index contributed by atoms with van der Waals surface area (Å²) in [5.41, 5.74) is 0.614. The molecule has 3 rings (SSSR count). The maximum atomic E-state index is 13.3. The number of halogens is 1. The van der Waals surface area contributed by atoms with Crippen molar-refractivity contribution in [3.05, 3.63) is 85.5 Å². The number of carbonyl (C=O) groups excluding carboxylic acids is 1. The van der Waals surface area contributed by atoms with Gasteiger partial charge in [-0.2, -0.15) is 5.26 Å². The van der Waals surface area contributed by atoms with E-state index in [9.17, 15) is 19.2 Å². The van der Waals surface area contributed by atoms with E-state index < -0.39 is 11.7 Å². The molecule has 134 valence electrons. The molecule has 0 radical (unpaired) electrons. The molecule has 1 heterocycles. The van der Waals surface area contributed by atoms with Gasteiger partial charge in [0.1, 0.15) is 16.5 Å². The maximum absolute atomic E-state index is 13.3. The lowest BCUT2D eigenvalue weighted by Gasteiger charge is -2.03. The van der Waals surface area contributed by atoms with Gasteiger partial charge in [-0.1, -0.05) is 30.3 Å². The van der Waals surface area contributed by atoms with E-state index in [-0.39, 0.29) is 15.8 Å². The molecule has 0 saturated carbocycles. The minimum absolute atomic E-state index is 0.184. The van der Waals surface area contributed by atoms with Crippen molar-refractivity contribution in [2.24, 2.45) is 0 Å². The summed E-state index contributed by atoms with van der Waals surface area (Å²) >= 11 is 1.04. The normalized spacial score (nSPS) is 12.4. The van der Waals surface area contributed by atoms with E-state index in [1.54, 1.807) is 6.08 Å². The molecule has 0 saturated heterocycles. The monoisotopic (exact) mass is 379 g/mol. The number of carbonyl (C=O) groups is 1. The first-order valence-corrected chi connectivity index (χ1v) is 8.78. The predicted octanol–water partition coefficient (Wildman–Crippen LogP) is 1.29. The van der Waals surface area contributed by atoms with Crippen molar-refractivity contribution in [2.45, 2.75) is 0 Å². The number of thiazole rings is 1. The average molecular weight is 379 g/mol. The SMILES string of the molecule is CNC(=O)/C(C#N)=c1\s/c(=C/c2ccccc2)c(=O)n1-c1ccc(F)cc1. The lowest BCUT2D eigenvalue weighted by molar-refractivity contribution is -0.115. The molecule has 5 nitrogen and oxygen atoms in total. The Labute approximate surface area is 157 Å². The third kappa shape index (κ3) is 3.71. The van der Waals surface area contributed by atoms with Crippen LogP contribution in [-0.2, 0) is 4.79 Å². The van der Waals surface area contributed by atoms with Gasteiger partial charge in [-0.05, 0) is 35.9 Å². The maximum Gasteiger partial charge on any atom is 0.273 e. The lowest BCUT2D eigenvalue weighted by atomic mass is 10.2. The molecule has 0 aliphatic heterocycles. The summed E-state index contributed by atoms with van der Waals surface area (Å²) in [6, 6.07) is 16.4. The van der Waals surface area contributed by atoms with Crippen molar-refractivity contribution in [3.8, 4) is 11.8 Å². The quantitative estimate of drug-likeness (QED) is 0.745. The Balaban J connectivity index is 2.41. The van der Waals surface area contributed by atoms with Gasteiger partial charge in [0.05, 0.1) is 10.2 Å². The van der Waals surface area contributed by atoms with Crippen LogP contribution in [0.25, 0.3) is 17.3 Å². The number of rotatable bonds is 3. The number of hydrogen-bond donors (Lipinski definition) is 1. The Hall–Kier alpha value is -3.50. The van der Waals surface area contributed by atoms with Crippen LogP contribution < -0.4 is 20.1 Å². The molecule has 27 heavy (non-hydrogen) atoms. The summed E-state index contributed by atoms with van der Waals surface area (Å²) in [5.74, 6) is -1.05. The molecule has 1 aromatic heterocycles. The van der Waals surface area contributed by atoms with Gasteiger partial charge >= 0.3 is 0 Å². The Morgan fingerprint density at radius 2 is 1.85 bits per heavy atom. The minimum Gasteiger partial charge on any atom is -0.354 e. The van der Waals surface area contributed by atoms with E-state index in [1.165, 1.54) is 35.9 Å². The summed E-state index contributed by atoms with van der Waals surface area (Å²) in [6.45, 7) is 0. The van der Waals surface area contributed by atoms with Crippen LogP contribution in [0, 0.1) is 17.1 Å². The molecule has 7 heteroatoms. The first-order chi connectivity index (χ1) is 13.0. The van der Waals surface area contributed by atoms with Crippen molar-refractivity contribution in [1.29, 1.82) is 5.26 Å². The highest BCUT2D eigenvalue weighted by atomic mass is 32.1. The van der Waals surface area contributed by atoms with E-state index >= 15 is 0 Å². The van der Waals surface area contributed by atoms with Gasteiger partial charge in [-0.3, -0.25) is 14.2 Å². The molecule has 0 fully saturated rings. The summed E-state index contributed by atoms with van der Waals surface area (Å²) in [5, 5.41) is 11.9. The van der Waals surface area contributed by atoms with Gasteiger partial charge in [0.2, 0.25) is 0 Å². The van der Waals surface area contributed by atoms with Gasteiger partial charge in [0, 0.05) is 7.05 Å². The number of nitriles is 1. The molecule has 0 spiro atoms. The van der Waals surface area contributed by atoms with Gasteiger partial charge < -0.3 is 5.32 Å². The molecule has 0 atom stereocenters. The largest absolute Gasteiger partial charge is 0.354 e. The number of amides is 1. The van der Waals surface area contributed by atoms with Crippen LogP contribution >= 0.6 is 11.3 Å². The van der Waals surface area contributed by atoms with Crippen LogP contribution in [-0.4, -0.2) is 17.5 Å². The van der Waals surface area contributed by atoms with E-state index in [2.05, 4.69) is 5.32 Å². The van der Waals surface area contributed by atoms with Crippen molar-refractivity contribution in [1.82, 2.24) is 9.88 Å². The van der Waals surface area contributed by atoms with E-state index in [1.807, 2.05) is 36.4 Å². The Bertz CT molecular complexity index is 1200. The van der Waals surface area contributed by atoms with E-state index in [0.29, 0.717) is 10.2 Å². The van der Waals surface area contributed by atoms with Crippen molar-refractivity contribution < 1.29 is 9.18 Å². The highest BCUT2D eigenvalue weighted by Crippen LogP contribution is 2.06. The lowest BCUT2D eigenvalue weighted by Crippen LogP contribution is -2.33. The smallest absolute Gasteiger partial charge is 0.273 e. The number of aromatic nitrogens is 1. The first-order valence-electron chi connectivity index (χ1n) is 7.96. The van der Waals surface area contributed by atoms with E-state index in [4.69, 9.17) is 0 Å². The molecule has 2 aromatic carbocycles. The highest BCUT2D eigenvalue weighted by Gasteiger charge is 2.15. The molecule has 3 aromatic rings. The number of nitrogens with one attached hydrogen (secondary N) is 1. The first kappa shape index (κ1) is 18.3. The molecule has 0 aliphatic carbocycles. The zero-order valence-electron chi connectivity index (χ0n) is 14.3. The standard InChI is InChI=1S/C20H14FN3O2S/c1-23-18(25)16(12-22)20-24(15-9-7-14(21)8-10-15)19(26)17(27-20)11-13-5-3-2-4-6-13/h2-11H,1H3,(H,23,25)/b17-11+,20-16-. The summed E-state index contributed by atoms with van der Waals surface area (Å²) in [4.78, 5) is 25.1. The fraction of sp³-hybridized carbons (Fsp3) is 0.0500. The Morgan fingerprint density at radius 1 is 1.19 bits per heavy atom. The van der Waals surface area contributed by atoms with Gasteiger partial charge in [-0.15, -0.1) is 11.3 Å². The van der Waals surface area contributed by atoms with Crippen LogP contribution in [0.3, 0.4) is 0 Å². The van der Waals surface area contributed by atoms with Gasteiger partial charge in [0.25, 0.3) is 11.5 Å². The Kier molecular flexibility index (Phi) is 5.29. The summed E-state index contributed by atoms with van der Waals surface area (Å²) in [6.07, 6.45) is 1.69. The average Bonchev–Trinajstić information content (AvgIpc) is 3.00. The molecule has 1 N–H and O–H groups in total. The predicted molar refractivity (Wildman–Crippen MR) is 102 cm³/mol. The summed E-state index contributed by atoms with van der Waals surface area (Å²) in [7, 11) is 1.41. The number of hydrogen-bond acceptors (Lipinski definition) is 4. The zero-order chi connectivity index (χ0) is 19.4. The third-order valence-corrected chi connectivity index (χ3v) is 4.88. The molecule has 0 aliphatic rings. The fourth-order valence-electron chi connectivity index (χ4n) is 2.50. The zero-order valence-corrected chi connectivity index (χ0v) is 15.1. The molecular formula is C20H14FN3O2S. The second kappa shape index (κ2) is 7.81. The van der Waals surface area contributed by atoms with Crippen LogP contribution in [0.15, 0.2) is 59.4 Å². The van der Waals surface area contributed by atoms with Crippen LogP contribution in [0.4, 0.5) is 4.39 Å². The third-order valence-electron chi connectivity index (χ3n) is 3.79. The second-order valence-corrected chi connectivity index (χ2v) is 6.54. The number of benzene rings is 2. The Morgan fingerprint density at radius 3 is 2.44 bits per heavy atom. The fourth-order valence-corrected chi connectivity index (χ4v) is 3.60. The molecule has 1 amide bonds. The van der Waals surface area contributed by atoms with Crippen LogP contribution in [0.1, 0.15) is 5.56 Å². The van der Waals surface area contributed by atoms with Crippen molar-refractivity contribution >= 4 is 28.9 Å². The topological polar surface area (TPSA) is 74.9 Å². The van der Waals surface area contributed by atoms with E-state index in [0.717, 1.165) is 16.9 Å². The van der Waals surface area contributed by atoms with Gasteiger partial charge in [-0.25, -0.2) is 4.39 Å². The molecular weight excluding hydrogens is 365 g/mol. The van der Waals surface area contributed by atoms with Crippen molar-refractivity contribution in [2.75, 3.05) is 7.05 Å². The van der Waals surface area contributed by atoms with Crippen LogP contribution in [0.2, 0.25) is 0 Å². The molecule has 0 bridgehead atoms. The second-order valence-electron chi connectivity index (χ2n) is 5.51.